The Kier molecular flexibility index (Phi) is 8.43. The first kappa shape index (κ1) is 24.7. The minimum atomic E-state index is -4.43. The second-order valence-corrected chi connectivity index (χ2v) is 7.88. The Bertz CT molecular complexity index is 929. The predicted molar refractivity (Wildman–Crippen MR) is 122 cm³/mol. The van der Waals surface area contributed by atoms with Crippen LogP contribution in [0.1, 0.15) is 18.9 Å². The van der Waals surface area contributed by atoms with Crippen LogP contribution in [0.3, 0.4) is 0 Å². The molecule has 0 aliphatic carbocycles. The summed E-state index contributed by atoms with van der Waals surface area (Å²) < 4.78 is 47.2. The zero-order valence-corrected chi connectivity index (χ0v) is 19.0. The van der Waals surface area contributed by atoms with Gasteiger partial charge < -0.3 is 24.6 Å². The number of methoxy groups -OCH3 is 1. The van der Waals surface area contributed by atoms with Crippen molar-refractivity contribution in [1.29, 1.82) is 0 Å². The molecule has 1 heterocycles. The lowest BCUT2D eigenvalue weighted by molar-refractivity contribution is -0.153. The highest BCUT2D eigenvalue weighted by atomic mass is 19.4. The standard InChI is InChI=1S/C24H30F3N3O3/c1-3-29-12-14-30(15-13-29)20-7-5-4-6-19(20)28-23(31)11-9-18-8-10-21(22(16-18)32-2)33-17-24(25,26)27/h4-8,10,16H,3,9,11-15,17H2,1-2H3,(H,28,31). The van der Waals surface area contributed by atoms with Gasteiger partial charge in [0.2, 0.25) is 5.91 Å². The maximum absolute atomic E-state index is 12.6. The molecule has 2 aromatic rings. The molecule has 0 aromatic heterocycles. The second kappa shape index (κ2) is 11.3. The minimum absolute atomic E-state index is 0.0140. The van der Waals surface area contributed by atoms with Crippen LogP contribution in [0.15, 0.2) is 42.5 Å². The van der Waals surface area contributed by atoms with Gasteiger partial charge in [-0.15, -0.1) is 0 Å². The Labute approximate surface area is 192 Å². The molecule has 180 valence electrons. The van der Waals surface area contributed by atoms with Gasteiger partial charge in [0.15, 0.2) is 18.1 Å². The smallest absolute Gasteiger partial charge is 0.422 e. The molecule has 1 amide bonds. The van der Waals surface area contributed by atoms with Gasteiger partial charge in [0.25, 0.3) is 0 Å². The summed E-state index contributed by atoms with van der Waals surface area (Å²) in [4.78, 5) is 17.3. The van der Waals surface area contributed by atoms with Gasteiger partial charge in [-0.2, -0.15) is 13.2 Å². The van der Waals surface area contributed by atoms with Crippen LogP contribution in [0, 0.1) is 0 Å². The highest BCUT2D eigenvalue weighted by Gasteiger charge is 2.29. The number of alkyl halides is 3. The van der Waals surface area contributed by atoms with Crippen LogP contribution in [0.25, 0.3) is 0 Å². The molecule has 33 heavy (non-hydrogen) atoms. The van der Waals surface area contributed by atoms with E-state index < -0.39 is 12.8 Å². The number of hydrogen-bond donors (Lipinski definition) is 1. The monoisotopic (exact) mass is 465 g/mol. The predicted octanol–water partition coefficient (Wildman–Crippen LogP) is 4.35. The number of benzene rings is 2. The van der Waals surface area contributed by atoms with E-state index in [9.17, 15) is 18.0 Å². The first-order chi connectivity index (χ1) is 15.8. The molecule has 3 rings (SSSR count). The van der Waals surface area contributed by atoms with Crippen molar-refractivity contribution in [2.45, 2.75) is 25.9 Å². The fourth-order valence-electron chi connectivity index (χ4n) is 3.78. The van der Waals surface area contributed by atoms with Crippen LogP contribution in [0.4, 0.5) is 24.5 Å². The number of nitrogens with one attached hydrogen (secondary N) is 1. The van der Waals surface area contributed by atoms with Gasteiger partial charge in [-0.05, 0) is 42.8 Å². The summed E-state index contributed by atoms with van der Waals surface area (Å²) in [6.45, 7) is 5.59. The van der Waals surface area contributed by atoms with Crippen LogP contribution in [0.2, 0.25) is 0 Å². The number of ether oxygens (including phenoxy) is 2. The van der Waals surface area contributed by atoms with E-state index in [1.165, 1.54) is 13.2 Å². The topological polar surface area (TPSA) is 54.0 Å². The molecule has 0 unspecified atom stereocenters. The zero-order chi connectivity index (χ0) is 23.8. The number of carbonyl (C=O) groups is 1. The Morgan fingerprint density at radius 3 is 2.45 bits per heavy atom. The van der Waals surface area contributed by atoms with E-state index in [0.717, 1.165) is 49.7 Å². The lowest BCUT2D eigenvalue weighted by atomic mass is 10.1. The Morgan fingerprint density at radius 2 is 1.79 bits per heavy atom. The molecule has 0 atom stereocenters. The summed E-state index contributed by atoms with van der Waals surface area (Å²) in [6.07, 6.45) is -3.79. The number of piperazine rings is 1. The van der Waals surface area contributed by atoms with E-state index in [0.29, 0.717) is 6.42 Å². The van der Waals surface area contributed by atoms with Crippen molar-refractivity contribution in [1.82, 2.24) is 4.90 Å². The second-order valence-electron chi connectivity index (χ2n) is 7.88. The fourth-order valence-corrected chi connectivity index (χ4v) is 3.78. The number of amides is 1. The largest absolute Gasteiger partial charge is 0.493 e. The summed E-state index contributed by atoms with van der Waals surface area (Å²) in [6, 6.07) is 12.4. The summed E-state index contributed by atoms with van der Waals surface area (Å²) in [5.74, 6) is 0.0832. The highest BCUT2D eigenvalue weighted by Crippen LogP contribution is 2.31. The highest BCUT2D eigenvalue weighted by molar-refractivity contribution is 5.94. The molecular weight excluding hydrogens is 435 g/mol. The van der Waals surface area contributed by atoms with Crippen LogP contribution < -0.4 is 19.7 Å². The number of para-hydroxylation sites is 2. The molecule has 0 saturated carbocycles. The third kappa shape index (κ3) is 7.28. The average Bonchev–Trinajstić information content (AvgIpc) is 2.81. The molecule has 1 aliphatic heterocycles. The van der Waals surface area contributed by atoms with Gasteiger partial charge in [-0.25, -0.2) is 0 Å². The van der Waals surface area contributed by atoms with Crippen molar-refractivity contribution in [3.8, 4) is 11.5 Å². The van der Waals surface area contributed by atoms with Gasteiger partial charge in [-0.3, -0.25) is 4.79 Å². The molecule has 0 spiro atoms. The Hall–Kier alpha value is -2.94. The van der Waals surface area contributed by atoms with E-state index in [4.69, 9.17) is 9.47 Å². The van der Waals surface area contributed by atoms with Crippen LogP contribution in [-0.4, -0.2) is 63.4 Å². The molecule has 9 heteroatoms. The van der Waals surface area contributed by atoms with Crippen molar-refractivity contribution in [2.24, 2.45) is 0 Å². The van der Waals surface area contributed by atoms with E-state index in [2.05, 4.69) is 22.0 Å². The van der Waals surface area contributed by atoms with Crippen LogP contribution in [0.5, 0.6) is 11.5 Å². The zero-order valence-electron chi connectivity index (χ0n) is 19.0. The van der Waals surface area contributed by atoms with Gasteiger partial charge in [0.05, 0.1) is 18.5 Å². The summed E-state index contributed by atoms with van der Waals surface area (Å²) in [5.41, 5.74) is 2.56. The van der Waals surface area contributed by atoms with Gasteiger partial charge in [-0.1, -0.05) is 25.1 Å². The summed E-state index contributed by atoms with van der Waals surface area (Å²) in [5, 5.41) is 3.01. The minimum Gasteiger partial charge on any atom is -0.493 e. The SMILES string of the molecule is CCN1CCN(c2ccccc2NC(=O)CCc2ccc(OCC(F)(F)F)c(OC)c2)CC1. The summed E-state index contributed by atoms with van der Waals surface area (Å²) >= 11 is 0. The third-order valence-electron chi connectivity index (χ3n) is 5.60. The molecule has 0 bridgehead atoms. The number of nitrogens with zero attached hydrogens (tertiary/aromatic N) is 2. The lowest BCUT2D eigenvalue weighted by Gasteiger charge is -2.36. The average molecular weight is 466 g/mol. The molecule has 1 saturated heterocycles. The number of halogens is 3. The number of anilines is 2. The first-order valence-electron chi connectivity index (χ1n) is 11.0. The van der Waals surface area contributed by atoms with Gasteiger partial charge in [0.1, 0.15) is 0 Å². The number of rotatable bonds is 9. The first-order valence-corrected chi connectivity index (χ1v) is 11.0. The van der Waals surface area contributed by atoms with E-state index in [-0.39, 0.29) is 23.8 Å². The van der Waals surface area contributed by atoms with E-state index in [1.54, 1.807) is 12.1 Å². The van der Waals surface area contributed by atoms with Gasteiger partial charge in [0, 0.05) is 32.6 Å². The van der Waals surface area contributed by atoms with Crippen molar-refractivity contribution in [2.75, 3.05) is 56.7 Å². The number of carbonyl (C=O) groups excluding carboxylic acids is 1. The molecule has 1 aliphatic rings. The van der Waals surface area contributed by atoms with Crippen LogP contribution in [-0.2, 0) is 11.2 Å². The van der Waals surface area contributed by atoms with E-state index >= 15 is 0 Å². The molecule has 1 N–H and O–H groups in total. The Morgan fingerprint density at radius 1 is 1.06 bits per heavy atom. The molecule has 2 aromatic carbocycles. The number of hydrogen-bond acceptors (Lipinski definition) is 5. The Balaban J connectivity index is 1.58. The maximum atomic E-state index is 12.6. The van der Waals surface area contributed by atoms with Crippen molar-refractivity contribution in [3.63, 3.8) is 0 Å². The normalized spacial score (nSPS) is 14.8. The molecule has 6 nitrogen and oxygen atoms in total. The lowest BCUT2D eigenvalue weighted by Crippen LogP contribution is -2.46. The summed E-state index contributed by atoms with van der Waals surface area (Å²) in [7, 11) is 1.36. The number of aryl methyl sites for hydroxylation is 1. The quantitative estimate of drug-likeness (QED) is 0.597. The van der Waals surface area contributed by atoms with Crippen molar-refractivity contribution < 1.29 is 27.4 Å². The third-order valence-corrected chi connectivity index (χ3v) is 5.60. The van der Waals surface area contributed by atoms with Gasteiger partial charge >= 0.3 is 6.18 Å². The number of likely N-dealkylation sites (N-methyl/N-ethyl adjacent to an activating group) is 1. The van der Waals surface area contributed by atoms with Crippen LogP contribution >= 0.6 is 0 Å². The van der Waals surface area contributed by atoms with Crippen molar-refractivity contribution >= 4 is 17.3 Å². The maximum Gasteiger partial charge on any atom is 0.422 e. The molecule has 1 fully saturated rings. The van der Waals surface area contributed by atoms with Crippen molar-refractivity contribution in [3.05, 3.63) is 48.0 Å². The molecular formula is C24H30F3N3O3. The fraction of sp³-hybridized carbons (Fsp3) is 0.458. The molecule has 0 radical (unpaired) electrons. The van der Waals surface area contributed by atoms with E-state index in [1.807, 2.05) is 24.3 Å².